The summed E-state index contributed by atoms with van der Waals surface area (Å²) in [7, 11) is 1.25. The van der Waals surface area contributed by atoms with Crippen LogP contribution in [0.15, 0.2) is 36.4 Å². The second-order valence-corrected chi connectivity index (χ2v) is 7.09. The first-order valence-corrected chi connectivity index (χ1v) is 9.15. The van der Waals surface area contributed by atoms with E-state index in [0.29, 0.717) is 18.8 Å². The molecule has 0 spiro atoms. The molecule has 2 aromatic rings. The SMILES string of the molecule is COC(=O)C(CC(=O)N1Cc2c(ccc3ccccc23)C1=O)C1(C)OCCO1. The lowest BCUT2D eigenvalue weighted by Gasteiger charge is -2.30. The first kappa shape index (κ1) is 18.6. The number of ether oxygens (including phenoxy) is 3. The number of esters is 1. The predicted molar refractivity (Wildman–Crippen MR) is 99.3 cm³/mol. The van der Waals surface area contributed by atoms with E-state index < -0.39 is 23.6 Å². The molecule has 2 amide bonds. The molecule has 2 aliphatic heterocycles. The van der Waals surface area contributed by atoms with Gasteiger partial charge in [0.25, 0.3) is 5.91 Å². The highest BCUT2D eigenvalue weighted by Gasteiger charge is 2.47. The number of methoxy groups -OCH3 is 1. The van der Waals surface area contributed by atoms with Gasteiger partial charge in [0.15, 0.2) is 5.79 Å². The van der Waals surface area contributed by atoms with Gasteiger partial charge in [-0.05, 0) is 29.3 Å². The highest BCUT2D eigenvalue weighted by Crippen LogP contribution is 2.34. The van der Waals surface area contributed by atoms with Crippen molar-refractivity contribution in [3.8, 4) is 0 Å². The van der Waals surface area contributed by atoms with Crippen molar-refractivity contribution in [3.05, 3.63) is 47.5 Å². The van der Waals surface area contributed by atoms with Crippen LogP contribution in [0, 0.1) is 5.92 Å². The van der Waals surface area contributed by atoms with E-state index >= 15 is 0 Å². The summed E-state index contributed by atoms with van der Waals surface area (Å²) in [5, 5.41) is 1.96. The third kappa shape index (κ3) is 2.96. The molecule has 2 aliphatic rings. The molecule has 146 valence electrons. The third-order valence-corrected chi connectivity index (χ3v) is 5.49. The van der Waals surface area contributed by atoms with Crippen LogP contribution in [0.4, 0.5) is 0 Å². The maximum Gasteiger partial charge on any atom is 0.314 e. The first-order valence-electron chi connectivity index (χ1n) is 9.15. The van der Waals surface area contributed by atoms with Crippen LogP contribution in [-0.2, 0) is 30.3 Å². The lowest BCUT2D eigenvalue weighted by molar-refractivity contribution is -0.201. The fourth-order valence-electron chi connectivity index (χ4n) is 3.92. The van der Waals surface area contributed by atoms with Gasteiger partial charge in [-0.1, -0.05) is 30.3 Å². The molecular weight excluding hydrogens is 362 g/mol. The van der Waals surface area contributed by atoms with E-state index in [9.17, 15) is 14.4 Å². The zero-order valence-corrected chi connectivity index (χ0v) is 15.8. The number of amides is 2. The van der Waals surface area contributed by atoms with Gasteiger partial charge in [0.1, 0.15) is 5.92 Å². The van der Waals surface area contributed by atoms with Crippen molar-refractivity contribution < 1.29 is 28.6 Å². The number of carbonyl (C=O) groups excluding carboxylic acids is 3. The Labute approximate surface area is 162 Å². The summed E-state index contributed by atoms with van der Waals surface area (Å²) in [4.78, 5) is 39.3. The number of carbonyl (C=O) groups is 3. The van der Waals surface area contributed by atoms with E-state index in [-0.39, 0.29) is 18.9 Å². The third-order valence-electron chi connectivity index (χ3n) is 5.49. The van der Waals surface area contributed by atoms with Crippen LogP contribution in [0.25, 0.3) is 10.8 Å². The minimum absolute atomic E-state index is 0.181. The molecule has 4 rings (SSSR count). The van der Waals surface area contributed by atoms with Crippen LogP contribution in [0.1, 0.15) is 29.3 Å². The Morgan fingerprint density at radius 1 is 1.18 bits per heavy atom. The molecule has 1 saturated heterocycles. The fraction of sp³-hybridized carbons (Fsp3) is 0.381. The Bertz CT molecular complexity index is 963. The molecule has 0 aliphatic carbocycles. The fourth-order valence-corrected chi connectivity index (χ4v) is 3.92. The first-order chi connectivity index (χ1) is 13.4. The highest BCUT2D eigenvalue weighted by molar-refractivity contribution is 6.11. The smallest absolute Gasteiger partial charge is 0.314 e. The molecule has 0 saturated carbocycles. The average molecular weight is 383 g/mol. The number of nitrogens with zero attached hydrogens (tertiary/aromatic N) is 1. The molecule has 0 bridgehead atoms. The molecule has 7 nitrogen and oxygen atoms in total. The Balaban J connectivity index is 1.60. The Morgan fingerprint density at radius 2 is 1.89 bits per heavy atom. The van der Waals surface area contributed by atoms with Gasteiger partial charge >= 0.3 is 5.97 Å². The van der Waals surface area contributed by atoms with E-state index in [4.69, 9.17) is 14.2 Å². The predicted octanol–water partition coefficient (Wildman–Crippen LogP) is 2.26. The molecule has 1 unspecified atom stereocenters. The van der Waals surface area contributed by atoms with Crippen molar-refractivity contribution >= 4 is 28.6 Å². The van der Waals surface area contributed by atoms with Crippen molar-refractivity contribution in [2.24, 2.45) is 5.92 Å². The van der Waals surface area contributed by atoms with E-state index in [1.165, 1.54) is 12.0 Å². The standard InChI is InChI=1S/C21H21NO6/c1-21(27-9-10-28-21)17(20(25)26-2)11-18(23)22-12-16-14-6-4-3-5-13(14)7-8-15(16)19(22)24/h3-8,17H,9-12H2,1-2H3. The van der Waals surface area contributed by atoms with E-state index in [1.54, 1.807) is 13.0 Å². The van der Waals surface area contributed by atoms with Crippen LogP contribution in [0.3, 0.4) is 0 Å². The summed E-state index contributed by atoms with van der Waals surface area (Å²) in [6.45, 7) is 2.46. The summed E-state index contributed by atoms with van der Waals surface area (Å²) in [6, 6.07) is 11.4. The quantitative estimate of drug-likeness (QED) is 0.754. The lowest BCUT2D eigenvalue weighted by atomic mass is 9.95. The van der Waals surface area contributed by atoms with Gasteiger partial charge in [-0.3, -0.25) is 19.3 Å². The molecule has 1 atom stereocenters. The number of hydrogen-bond donors (Lipinski definition) is 0. The summed E-state index contributed by atoms with van der Waals surface area (Å²) >= 11 is 0. The molecule has 2 aromatic carbocycles. The number of fused-ring (bicyclic) bond motifs is 3. The normalized spacial score (nSPS) is 18.9. The van der Waals surface area contributed by atoms with E-state index in [1.807, 2.05) is 30.3 Å². The topological polar surface area (TPSA) is 82.1 Å². The van der Waals surface area contributed by atoms with Crippen LogP contribution in [0.5, 0.6) is 0 Å². The minimum atomic E-state index is -1.24. The largest absolute Gasteiger partial charge is 0.469 e. The molecule has 28 heavy (non-hydrogen) atoms. The maximum atomic E-state index is 13.0. The second kappa shape index (κ2) is 7.00. The zero-order valence-electron chi connectivity index (χ0n) is 15.8. The van der Waals surface area contributed by atoms with Crippen molar-refractivity contribution in [3.63, 3.8) is 0 Å². The molecule has 1 fully saturated rings. The summed E-state index contributed by atoms with van der Waals surface area (Å²) in [5.74, 6) is -3.62. The van der Waals surface area contributed by atoms with Crippen molar-refractivity contribution in [1.29, 1.82) is 0 Å². The Hall–Kier alpha value is -2.77. The monoisotopic (exact) mass is 383 g/mol. The van der Waals surface area contributed by atoms with Gasteiger partial charge in [-0.25, -0.2) is 0 Å². The van der Waals surface area contributed by atoms with Gasteiger partial charge in [0, 0.05) is 12.0 Å². The van der Waals surface area contributed by atoms with Gasteiger partial charge in [0.05, 0.1) is 26.9 Å². The molecule has 0 aromatic heterocycles. The Morgan fingerprint density at radius 3 is 2.61 bits per heavy atom. The highest BCUT2D eigenvalue weighted by atomic mass is 16.7. The van der Waals surface area contributed by atoms with Crippen LogP contribution in [-0.4, -0.2) is 48.8 Å². The van der Waals surface area contributed by atoms with E-state index in [2.05, 4.69) is 0 Å². The molecule has 0 N–H and O–H groups in total. The number of benzene rings is 2. The van der Waals surface area contributed by atoms with Crippen molar-refractivity contribution in [2.45, 2.75) is 25.7 Å². The van der Waals surface area contributed by atoms with Crippen LogP contribution < -0.4 is 0 Å². The van der Waals surface area contributed by atoms with Gasteiger partial charge in [0.2, 0.25) is 5.91 Å². The second-order valence-electron chi connectivity index (χ2n) is 7.09. The Kier molecular flexibility index (Phi) is 4.64. The molecule has 7 heteroatoms. The number of imide groups is 1. The van der Waals surface area contributed by atoms with Gasteiger partial charge in [-0.15, -0.1) is 0 Å². The van der Waals surface area contributed by atoms with Crippen LogP contribution in [0.2, 0.25) is 0 Å². The molecule has 2 heterocycles. The van der Waals surface area contributed by atoms with Crippen molar-refractivity contribution in [1.82, 2.24) is 4.90 Å². The maximum absolute atomic E-state index is 13.0. The molecule has 0 radical (unpaired) electrons. The number of hydrogen-bond acceptors (Lipinski definition) is 6. The number of rotatable bonds is 4. The van der Waals surface area contributed by atoms with Gasteiger partial charge in [-0.2, -0.15) is 0 Å². The summed E-state index contributed by atoms with van der Waals surface area (Å²) in [6.07, 6.45) is -0.235. The summed E-state index contributed by atoms with van der Waals surface area (Å²) in [5.41, 5.74) is 1.34. The van der Waals surface area contributed by atoms with Crippen LogP contribution >= 0.6 is 0 Å². The average Bonchev–Trinajstić information content (AvgIpc) is 3.30. The van der Waals surface area contributed by atoms with Crippen molar-refractivity contribution in [2.75, 3.05) is 20.3 Å². The van der Waals surface area contributed by atoms with E-state index in [0.717, 1.165) is 16.3 Å². The zero-order chi connectivity index (χ0) is 19.9. The summed E-state index contributed by atoms with van der Waals surface area (Å²) < 4.78 is 16.0. The molecular formula is C21H21NO6. The lowest BCUT2D eigenvalue weighted by Crippen LogP contribution is -2.45. The minimum Gasteiger partial charge on any atom is -0.469 e. The van der Waals surface area contributed by atoms with Gasteiger partial charge < -0.3 is 14.2 Å².